The van der Waals surface area contributed by atoms with Gasteiger partial charge in [-0.05, 0) is 31.5 Å². The van der Waals surface area contributed by atoms with Crippen LogP contribution in [-0.4, -0.2) is 17.1 Å². The topological polar surface area (TPSA) is 57.2 Å². The number of aromatic amines is 1. The fourth-order valence-corrected chi connectivity index (χ4v) is 2.51. The van der Waals surface area contributed by atoms with Crippen LogP contribution in [0.1, 0.15) is 27.2 Å². The Balaban J connectivity index is 1.81. The molecule has 1 heterocycles. The van der Waals surface area contributed by atoms with Gasteiger partial charge in [0.05, 0.1) is 6.21 Å². The average Bonchev–Trinajstić information content (AvgIpc) is 2.83. The third kappa shape index (κ3) is 2.63. The lowest BCUT2D eigenvalue weighted by molar-refractivity contribution is 0.0954. The summed E-state index contributed by atoms with van der Waals surface area (Å²) in [5.74, 6) is -0.202. The summed E-state index contributed by atoms with van der Waals surface area (Å²) in [6, 6.07) is 15.5. The van der Waals surface area contributed by atoms with Crippen molar-refractivity contribution in [3.63, 3.8) is 0 Å². The second-order valence-electron chi connectivity index (χ2n) is 5.22. The number of rotatable bonds is 3. The number of amides is 1. The van der Waals surface area contributed by atoms with Gasteiger partial charge in [0, 0.05) is 27.7 Å². The summed E-state index contributed by atoms with van der Waals surface area (Å²) in [5.41, 5.74) is 7.22. The van der Waals surface area contributed by atoms with Crippen LogP contribution in [0.3, 0.4) is 0 Å². The standard InChI is InChI=1S/C18H17N3O/c1-12-7-3-4-8-14(12)18(22)21-19-11-16-13(2)20-17-10-6-5-9-15(16)17/h3-11,20H,1-2H3,(H,21,22)/b19-11+. The molecule has 0 unspecified atom stereocenters. The van der Waals surface area contributed by atoms with Crippen molar-refractivity contribution in [3.8, 4) is 0 Å². The zero-order chi connectivity index (χ0) is 15.5. The van der Waals surface area contributed by atoms with Gasteiger partial charge in [-0.2, -0.15) is 5.10 Å². The first-order chi connectivity index (χ1) is 10.7. The summed E-state index contributed by atoms with van der Waals surface area (Å²) in [5, 5.41) is 5.19. The second-order valence-corrected chi connectivity index (χ2v) is 5.22. The molecule has 0 saturated heterocycles. The van der Waals surface area contributed by atoms with E-state index in [4.69, 9.17) is 0 Å². The molecule has 0 radical (unpaired) electrons. The molecule has 3 aromatic rings. The SMILES string of the molecule is Cc1ccccc1C(=O)N/N=C/c1c(C)[nH]c2ccccc12. The van der Waals surface area contributed by atoms with Crippen molar-refractivity contribution in [2.24, 2.45) is 5.10 Å². The van der Waals surface area contributed by atoms with Crippen molar-refractivity contribution in [1.82, 2.24) is 10.4 Å². The first kappa shape index (κ1) is 14.1. The molecule has 2 N–H and O–H groups in total. The van der Waals surface area contributed by atoms with Gasteiger partial charge in [0.25, 0.3) is 5.91 Å². The van der Waals surface area contributed by atoms with Crippen LogP contribution in [0.4, 0.5) is 0 Å². The van der Waals surface area contributed by atoms with Gasteiger partial charge in [0.2, 0.25) is 0 Å². The molecular weight excluding hydrogens is 274 g/mol. The highest BCUT2D eigenvalue weighted by Crippen LogP contribution is 2.19. The molecule has 3 rings (SSSR count). The number of hydrogen-bond donors (Lipinski definition) is 2. The Morgan fingerprint density at radius 3 is 2.64 bits per heavy atom. The molecule has 22 heavy (non-hydrogen) atoms. The smallest absolute Gasteiger partial charge is 0.271 e. The van der Waals surface area contributed by atoms with Crippen LogP contribution in [0.25, 0.3) is 10.9 Å². The maximum absolute atomic E-state index is 12.1. The highest BCUT2D eigenvalue weighted by atomic mass is 16.2. The molecule has 2 aromatic carbocycles. The zero-order valence-electron chi connectivity index (χ0n) is 12.6. The molecule has 4 nitrogen and oxygen atoms in total. The van der Waals surface area contributed by atoms with Crippen molar-refractivity contribution >= 4 is 23.0 Å². The number of carbonyl (C=O) groups is 1. The molecule has 0 saturated carbocycles. The Kier molecular flexibility index (Phi) is 3.74. The number of fused-ring (bicyclic) bond motifs is 1. The van der Waals surface area contributed by atoms with Crippen molar-refractivity contribution in [1.29, 1.82) is 0 Å². The molecule has 0 bridgehead atoms. The molecule has 1 amide bonds. The highest BCUT2D eigenvalue weighted by molar-refractivity contribution is 6.01. The number of H-pyrrole nitrogens is 1. The number of hydrazone groups is 1. The number of hydrogen-bond acceptors (Lipinski definition) is 2. The summed E-state index contributed by atoms with van der Waals surface area (Å²) < 4.78 is 0. The molecular formula is C18H17N3O. The van der Waals surface area contributed by atoms with Crippen LogP contribution in [-0.2, 0) is 0 Å². The monoisotopic (exact) mass is 291 g/mol. The lowest BCUT2D eigenvalue weighted by Crippen LogP contribution is -2.18. The van der Waals surface area contributed by atoms with E-state index in [0.717, 1.165) is 27.7 Å². The van der Waals surface area contributed by atoms with Crippen LogP contribution < -0.4 is 5.43 Å². The summed E-state index contributed by atoms with van der Waals surface area (Å²) in [6.07, 6.45) is 1.68. The fourth-order valence-electron chi connectivity index (χ4n) is 2.51. The predicted molar refractivity (Wildman–Crippen MR) is 89.3 cm³/mol. The molecule has 0 spiro atoms. The maximum atomic E-state index is 12.1. The van der Waals surface area contributed by atoms with Crippen molar-refractivity contribution in [3.05, 3.63) is 70.9 Å². The van der Waals surface area contributed by atoms with Crippen LogP contribution in [0, 0.1) is 13.8 Å². The van der Waals surface area contributed by atoms with E-state index in [1.807, 2.05) is 56.3 Å². The van der Waals surface area contributed by atoms with Crippen LogP contribution in [0.15, 0.2) is 53.6 Å². The fraction of sp³-hybridized carbons (Fsp3) is 0.111. The summed E-state index contributed by atoms with van der Waals surface area (Å²) in [7, 11) is 0. The largest absolute Gasteiger partial charge is 0.358 e. The predicted octanol–water partition coefficient (Wildman–Crippen LogP) is 3.55. The van der Waals surface area contributed by atoms with Gasteiger partial charge in [-0.3, -0.25) is 4.79 Å². The van der Waals surface area contributed by atoms with Gasteiger partial charge >= 0.3 is 0 Å². The Bertz CT molecular complexity index is 862. The quantitative estimate of drug-likeness (QED) is 0.562. The summed E-state index contributed by atoms with van der Waals surface area (Å²) in [6.45, 7) is 3.90. The van der Waals surface area contributed by atoms with Crippen molar-refractivity contribution < 1.29 is 4.79 Å². The normalized spacial score (nSPS) is 11.2. The van der Waals surface area contributed by atoms with Crippen LogP contribution in [0.2, 0.25) is 0 Å². The Hall–Kier alpha value is -2.88. The average molecular weight is 291 g/mol. The third-order valence-corrected chi connectivity index (χ3v) is 3.69. The lowest BCUT2D eigenvalue weighted by atomic mass is 10.1. The molecule has 4 heteroatoms. The summed E-state index contributed by atoms with van der Waals surface area (Å²) >= 11 is 0. The molecule has 0 aliphatic heterocycles. The number of aromatic nitrogens is 1. The van der Waals surface area contributed by atoms with E-state index in [1.54, 1.807) is 12.3 Å². The Labute approximate surface area is 128 Å². The van der Waals surface area contributed by atoms with Gasteiger partial charge < -0.3 is 4.98 Å². The minimum Gasteiger partial charge on any atom is -0.358 e. The first-order valence-electron chi connectivity index (χ1n) is 7.13. The highest BCUT2D eigenvalue weighted by Gasteiger charge is 2.08. The zero-order valence-corrected chi connectivity index (χ0v) is 12.6. The molecule has 0 aliphatic carbocycles. The minimum atomic E-state index is -0.202. The van der Waals surface area contributed by atoms with Crippen molar-refractivity contribution in [2.45, 2.75) is 13.8 Å². The molecule has 0 fully saturated rings. The van der Waals surface area contributed by atoms with E-state index in [9.17, 15) is 4.79 Å². The molecule has 1 aromatic heterocycles. The van der Waals surface area contributed by atoms with Gasteiger partial charge in [-0.1, -0.05) is 36.4 Å². The molecule has 0 aliphatic rings. The van der Waals surface area contributed by atoms with Crippen molar-refractivity contribution in [2.75, 3.05) is 0 Å². The van der Waals surface area contributed by atoms with Crippen LogP contribution in [0.5, 0.6) is 0 Å². The van der Waals surface area contributed by atoms with Crippen LogP contribution >= 0.6 is 0 Å². The van der Waals surface area contributed by atoms with E-state index >= 15 is 0 Å². The first-order valence-corrected chi connectivity index (χ1v) is 7.13. The minimum absolute atomic E-state index is 0.202. The van der Waals surface area contributed by atoms with E-state index < -0.39 is 0 Å². The number of nitrogens with zero attached hydrogens (tertiary/aromatic N) is 1. The Morgan fingerprint density at radius 2 is 1.82 bits per heavy atom. The second kappa shape index (κ2) is 5.85. The summed E-state index contributed by atoms with van der Waals surface area (Å²) in [4.78, 5) is 15.4. The maximum Gasteiger partial charge on any atom is 0.271 e. The number of nitrogens with one attached hydrogen (secondary N) is 2. The number of para-hydroxylation sites is 1. The molecule has 110 valence electrons. The Morgan fingerprint density at radius 1 is 1.09 bits per heavy atom. The van der Waals surface area contributed by atoms with Gasteiger partial charge in [0.1, 0.15) is 0 Å². The third-order valence-electron chi connectivity index (χ3n) is 3.69. The van der Waals surface area contributed by atoms with Gasteiger partial charge in [-0.25, -0.2) is 5.43 Å². The number of benzene rings is 2. The van der Waals surface area contributed by atoms with E-state index in [0.29, 0.717) is 5.56 Å². The molecule has 0 atom stereocenters. The van der Waals surface area contributed by atoms with Gasteiger partial charge in [-0.15, -0.1) is 0 Å². The van der Waals surface area contributed by atoms with E-state index in [2.05, 4.69) is 15.5 Å². The number of carbonyl (C=O) groups excluding carboxylic acids is 1. The van der Waals surface area contributed by atoms with Gasteiger partial charge in [0.15, 0.2) is 0 Å². The van der Waals surface area contributed by atoms with E-state index in [1.165, 1.54) is 0 Å². The lowest BCUT2D eigenvalue weighted by Gasteiger charge is -2.03. The van der Waals surface area contributed by atoms with E-state index in [-0.39, 0.29) is 5.91 Å². The number of aryl methyl sites for hydroxylation is 2.